The first-order valence-electron chi connectivity index (χ1n) is 61.1. The molecular formula is C117H245NO30P2. The average Bonchev–Trinajstić information content (AvgIpc) is 0.929. The Balaban J connectivity index is -0.00000140. The van der Waals surface area contributed by atoms with E-state index in [0.29, 0.717) is 304 Å². The molecule has 0 unspecified atom stereocenters. The molecule has 0 rings (SSSR count). The van der Waals surface area contributed by atoms with E-state index in [1.165, 1.54) is 334 Å². The first-order chi connectivity index (χ1) is 73.6. The Kier molecular flexibility index (Phi) is 157. The van der Waals surface area contributed by atoms with Gasteiger partial charge < -0.3 is 143 Å². The minimum Gasteiger partial charge on any atom is -0.412 e. The fourth-order valence-corrected chi connectivity index (χ4v) is 18.7. The SMILES string of the molecule is CCCCCCCCCCCCCCCCOP(CN(C)CP(OCCCCCCCCCCCCCCCC)OCCCCCCCCCCCCCCCC)OCCCCCCCCCCCCCCCC.CCCOCCOCCOCCOCCOCCOCCOCCOCCOCCOCCOCCOCCOCCOCCOCCOCCOCCOCCOCCOCCOCCOCCOCCOC.O.O. The lowest BCUT2D eigenvalue weighted by atomic mass is 10.0. The van der Waals surface area contributed by atoms with Crippen LogP contribution in [0, 0.1) is 0 Å². The predicted molar refractivity (Wildman–Crippen MR) is 615 cm³/mol. The zero-order chi connectivity index (χ0) is 106. The van der Waals surface area contributed by atoms with Gasteiger partial charge in [-0.25, -0.2) is 0 Å². The van der Waals surface area contributed by atoms with Crippen LogP contribution in [0.4, 0.5) is 0 Å². The minimum atomic E-state index is -0.956. The first kappa shape index (κ1) is 156. The van der Waals surface area contributed by atoms with Gasteiger partial charge in [-0.05, 0) is 39.2 Å². The van der Waals surface area contributed by atoms with Gasteiger partial charge in [0.15, 0.2) is 16.8 Å². The summed E-state index contributed by atoms with van der Waals surface area (Å²) in [6, 6.07) is 0. The Bertz CT molecular complexity index is 2030. The highest BCUT2D eigenvalue weighted by molar-refractivity contribution is 7.48. The van der Waals surface area contributed by atoms with Crippen molar-refractivity contribution < 1.29 is 143 Å². The zero-order valence-corrected chi connectivity index (χ0v) is 100. The van der Waals surface area contributed by atoms with Crippen molar-refractivity contribution in [3.8, 4) is 0 Å². The number of ether oxygens (including phenoxy) is 24. The van der Waals surface area contributed by atoms with Gasteiger partial charge in [0.2, 0.25) is 0 Å². The monoisotopic (exact) mass is 2210 g/mol. The molecule has 0 aliphatic rings. The lowest BCUT2D eigenvalue weighted by Gasteiger charge is -2.27. The molecule has 0 amide bonds. The molecule has 0 aromatic heterocycles. The van der Waals surface area contributed by atoms with Crippen molar-refractivity contribution in [3.05, 3.63) is 0 Å². The summed E-state index contributed by atoms with van der Waals surface area (Å²) in [4.78, 5) is 2.42. The summed E-state index contributed by atoms with van der Waals surface area (Å²) in [6.45, 7) is 39.0. The quantitative estimate of drug-likeness (QED) is 0.0403. The second-order valence-electron chi connectivity index (χ2n) is 38.6. The molecule has 908 valence electrons. The van der Waals surface area contributed by atoms with Gasteiger partial charge in [0, 0.05) is 13.7 Å². The van der Waals surface area contributed by atoms with Crippen molar-refractivity contribution >= 4 is 16.8 Å². The lowest BCUT2D eigenvalue weighted by Crippen LogP contribution is -2.21. The van der Waals surface area contributed by atoms with Crippen molar-refractivity contribution in [2.24, 2.45) is 0 Å². The normalized spacial score (nSPS) is 11.7. The minimum absolute atomic E-state index is 0. The Morgan fingerprint density at radius 3 is 0.327 bits per heavy atom. The second kappa shape index (κ2) is 151. The highest BCUT2D eigenvalue weighted by Gasteiger charge is 2.21. The van der Waals surface area contributed by atoms with E-state index in [-0.39, 0.29) is 11.0 Å². The third kappa shape index (κ3) is 148. The van der Waals surface area contributed by atoms with Gasteiger partial charge in [-0.2, -0.15) is 0 Å². The summed E-state index contributed by atoms with van der Waals surface area (Å²) in [6.07, 6.45) is 80.3. The van der Waals surface area contributed by atoms with E-state index in [1.807, 2.05) is 0 Å². The van der Waals surface area contributed by atoms with Crippen molar-refractivity contribution in [3.63, 3.8) is 0 Å². The molecule has 0 radical (unpaired) electrons. The topological polar surface area (TPSA) is 325 Å². The maximum Gasteiger partial charge on any atom is 0.185 e. The van der Waals surface area contributed by atoms with Crippen LogP contribution >= 0.6 is 16.8 Å². The van der Waals surface area contributed by atoms with E-state index in [4.69, 9.17) is 132 Å². The Hall–Kier alpha value is -0.380. The molecule has 31 nitrogen and oxygen atoms in total. The molecule has 0 saturated heterocycles. The molecule has 0 heterocycles. The molecule has 0 aromatic rings. The highest BCUT2D eigenvalue weighted by Crippen LogP contribution is 2.44. The van der Waals surface area contributed by atoms with E-state index in [2.05, 4.69) is 46.6 Å². The second-order valence-corrected chi connectivity index (χ2v) is 41.5. The number of rotatable bonds is 139. The predicted octanol–water partition coefficient (Wildman–Crippen LogP) is 25.2. The maximum absolute atomic E-state index is 6.63. The molecule has 0 spiro atoms. The summed E-state index contributed by atoms with van der Waals surface area (Å²) < 4.78 is 157. The third-order valence-electron chi connectivity index (χ3n) is 24.6. The first-order valence-corrected chi connectivity index (χ1v) is 63.8. The van der Waals surface area contributed by atoms with Crippen LogP contribution in [0.1, 0.15) is 401 Å². The van der Waals surface area contributed by atoms with Gasteiger partial charge in [-0.1, -0.05) is 369 Å². The van der Waals surface area contributed by atoms with Gasteiger partial charge in [-0.15, -0.1) is 0 Å². The number of methoxy groups -OCH3 is 1. The third-order valence-corrected chi connectivity index (χ3v) is 27.9. The Labute approximate surface area is 923 Å². The number of nitrogens with zero attached hydrogens (tertiary/aromatic N) is 1. The molecule has 0 aliphatic carbocycles. The van der Waals surface area contributed by atoms with E-state index in [0.717, 1.165) is 77.7 Å². The van der Waals surface area contributed by atoms with Crippen LogP contribution in [-0.4, -0.2) is 380 Å². The van der Waals surface area contributed by atoms with Crippen LogP contribution in [0.25, 0.3) is 0 Å². The Morgan fingerprint density at radius 1 is 0.120 bits per heavy atom. The number of unbranched alkanes of at least 4 members (excludes halogenated alkanes) is 52. The van der Waals surface area contributed by atoms with Gasteiger partial charge in [-0.3, -0.25) is 4.90 Å². The smallest absolute Gasteiger partial charge is 0.185 e. The van der Waals surface area contributed by atoms with E-state index in [1.54, 1.807) is 7.11 Å². The van der Waals surface area contributed by atoms with Crippen LogP contribution < -0.4 is 0 Å². The highest BCUT2D eigenvalue weighted by atomic mass is 31.2. The molecular weight excluding hydrogens is 1960 g/mol. The molecule has 33 heteroatoms. The van der Waals surface area contributed by atoms with Crippen LogP contribution in [-0.2, 0) is 132 Å². The summed E-state index contributed by atoms with van der Waals surface area (Å²) >= 11 is 0. The van der Waals surface area contributed by atoms with Crippen molar-refractivity contribution in [1.82, 2.24) is 4.90 Å². The summed E-state index contributed by atoms with van der Waals surface area (Å²) in [5.41, 5.74) is 0. The molecule has 0 fully saturated rings. The standard InChI is InChI=1S/C67H139NO4P2.C50H102O24.2H2O/c1-6-10-14-18-22-26-30-34-38-42-46-50-54-58-62-69-73(70-63-59-55-51-47-43-39-35-31-27-23-19-15-11-7-2)66-68(5)67-74(71-64-60-56-52-48-44-40-36-32-28-24-20-16-12-8-3)72-65-61-57-53-49-45-41-37-33-29-25-21-17-13-9-4;1-3-4-52-7-8-54-11-12-56-15-16-58-19-20-60-23-24-62-27-28-64-31-32-66-35-36-68-39-40-70-43-44-72-47-48-74-50-49-73-46-45-71-42-41-69-38-37-67-34-33-65-30-29-63-26-25-61-22-21-59-18-17-57-14-13-55-10-9-53-6-5-51-2;;/h6-67H2,1-5H3;3-50H2,1-2H3;2*1H2. The lowest BCUT2D eigenvalue weighted by molar-refractivity contribution is -0.0319. The van der Waals surface area contributed by atoms with E-state index >= 15 is 0 Å². The van der Waals surface area contributed by atoms with Gasteiger partial charge >= 0.3 is 0 Å². The molecule has 4 N–H and O–H groups in total. The summed E-state index contributed by atoms with van der Waals surface area (Å²) in [5.74, 6) is 0. The molecule has 0 aromatic carbocycles. The molecule has 0 aliphatic heterocycles. The van der Waals surface area contributed by atoms with Gasteiger partial charge in [0.25, 0.3) is 0 Å². The van der Waals surface area contributed by atoms with E-state index < -0.39 is 16.8 Å². The molecule has 0 bridgehead atoms. The fraction of sp³-hybridized carbons (Fsp3) is 1.00. The van der Waals surface area contributed by atoms with Crippen LogP contribution in [0.15, 0.2) is 0 Å². The number of hydrogen-bond donors (Lipinski definition) is 0. The molecule has 150 heavy (non-hydrogen) atoms. The molecule has 0 saturated carbocycles. The van der Waals surface area contributed by atoms with E-state index in [9.17, 15) is 0 Å². The van der Waals surface area contributed by atoms with Crippen LogP contribution in [0.3, 0.4) is 0 Å². The van der Waals surface area contributed by atoms with Gasteiger partial charge in [0.1, 0.15) is 0 Å². The Morgan fingerprint density at radius 2 is 0.220 bits per heavy atom. The largest absolute Gasteiger partial charge is 0.412 e. The van der Waals surface area contributed by atoms with Crippen LogP contribution in [0.2, 0.25) is 0 Å². The van der Waals surface area contributed by atoms with Gasteiger partial charge in [0.05, 0.1) is 343 Å². The zero-order valence-electron chi connectivity index (χ0n) is 98.6. The van der Waals surface area contributed by atoms with Crippen molar-refractivity contribution in [2.75, 3.05) is 364 Å². The molecule has 0 atom stereocenters. The van der Waals surface area contributed by atoms with Crippen LogP contribution in [0.5, 0.6) is 0 Å². The maximum atomic E-state index is 6.63. The summed E-state index contributed by atoms with van der Waals surface area (Å²) in [7, 11) is 1.98. The summed E-state index contributed by atoms with van der Waals surface area (Å²) in [5, 5.41) is 0. The van der Waals surface area contributed by atoms with Crippen molar-refractivity contribution in [1.29, 1.82) is 0 Å². The van der Waals surface area contributed by atoms with Crippen molar-refractivity contribution in [2.45, 2.75) is 401 Å². The fourth-order valence-electron chi connectivity index (χ4n) is 15.8. The average molecular weight is 2210 g/mol. The number of hydrogen-bond acceptors (Lipinski definition) is 29.